The van der Waals surface area contributed by atoms with Gasteiger partial charge in [-0.05, 0) is 77.5 Å². The number of carbonyl (C=O) groups is 3. The monoisotopic (exact) mass is 698 g/mol. The highest BCUT2D eigenvalue weighted by atomic mass is 35.5. The molecule has 0 unspecified atom stereocenters. The van der Waals surface area contributed by atoms with Crippen LogP contribution >= 0.6 is 45.9 Å². The summed E-state index contributed by atoms with van der Waals surface area (Å²) in [5.74, 6) is -0.102. The van der Waals surface area contributed by atoms with Crippen LogP contribution in [0.3, 0.4) is 0 Å². The van der Waals surface area contributed by atoms with Crippen molar-refractivity contribution in [1.82, 2.24) is 15.6 Å². The summed E-state index contributed by atoms with van der Waals surface area (Å²) >= 11 is 15.0. The number of thiazole rings is 1. The van der Waals surface area contributed by atoms with Gasteiger partial charge in [-0.2, -0.15) is 0 Å². The third-order valence-corrected chi connectivity index (χ3v) is 8.11. The molecule has 2 N–H and O–H groups in total. The van der Waals surface area contributed by atoms with E-state index in [1.807, 2.05) is 19.9 Å². The number of hydrogen-bond acceptors (Lipinski definition) is 8. The molecule has 0 spiro atoms. The number of thiophene rings is 1. The largest absolute Gasteiger partial charge is 0.444 e. The van der Waals surface area contributed by atoms with Crippen molar-refractivity contribution < 1.29 is 23.9 Å². The fourth-order valence-corrected chi connectivity index (χ4v) is 6.17. The number of ether oxygens (including phenoxy) is 2. The molecule has 0 radical (unpaired) electrons. The van der Waals surface area contributed by atoms with E-state index in [9.17, 15) is 14.4 Å². The average molecular weight is 700 g/mol. The molecular weight excluding hydrogens is 655 g/mol. The number of halogens is 2. The molecule has 0 saturated heterocycles. The Balaban J connectivity index is 0.00000345. The van der Waals surface area contributed by atoms with Crippen molar-refractivity contribution in [3.8, 4) is 11.3 Å². The van der Waals surface area contributed by atoms with Crippen LogP contribution in [0.5, 0.6) is 0 Å². The Kier molecular flexibility index (Phi) is 14.2. The molecule has 3 rings (SSSR count). The summed E-state index contributed by atoms with van der Waals surface area (Å²) in [7, 11) is 0. The molecule has 3 aromatic rings. The van der Waals surface area contributed by atoms with Crippen molar-refractivity contribution in [2.24, 2.45) is 5.92 Å². The number of hydrogen-bond donors (Lipinski definition) is 2. The highest BCUT2D eigenvalue weighted by molar-refractivity contribution is 7.16. The van der Waals surface area contributed by atoms with E-state index in [1.54, 1.807) is 65.1 Å². The van der Waals surface area contributed by atoms with E-state index in [-0.39, 0.29) is 13.1 Å². The third-order valence-electron chi connectivity index (χ3n) is 5.41. The zero-order chi connectivity index (χ0) is 34.1. The van der Waals surface area contributed by atoms with E-state index in [4.69, 9.17) is 37.7 Å². The lowest BCUT2D eigenvalue weighted by atomic mass is 10.0. The van der Waals surface area contributed by atoms with Crippen LogP contribution in [0.2, 0.25) is 10.0 Å². The molecule has 45 heavy (non-hydrogen) atoms. The standard InChI is InChI=1S/C30H38Cl2N4O5S2.C2H6/c1-17(2)15-22-23(18-9-10-19(31)20(32)16-18)35-26(43-22)36(28(39)41-30(6,7)8)21-11-14-42-24(21)25(37)33-12-13-34-27(38)40-29(3,4)5;1-2/h9-11,14,16-17H,12-13,15H2,1-8H3,(H,33,37)(H,34,38);1-2H3. The number of nitrogens with one attached hydrogen (secondary N) is 2. The topological polar surface area (TPSA) is 110 Å². The van der Waals surface area contributed by atoms with Gasteiger partial charge in [0.15, 0.2) is 5.13 Å². The number of anilines is 2. The summed E-state index contributed by atoms with van der Waals surface area (Å²) in [4.78, 5) is 46.4. The number of nitrogens with zero attached hydrogens (tertiary/aromatic N) is 2. The van der Waals surface area contributed by atoms with Crippen molar-refractivity contribution >= 4 is 74.8 Å². The predicted molar refractivity (Wildman–Crippen MR) is 187 cm³/mol. The normalized spacial score (nSPS) is 11.4. The van der Waals surface area contributed by atoms with Crippen LogP contribution in [0, 0.1) is 5.92 Å². The van der Waals surface area contributed by atoms with Gasteiger partial charge in [0.1, 0.15) is 16.1 Å². The fourth-order valence-electron chi connectivity index (χ4n) is 3.78. The van der Waals surface area contributed by atoms with Crippen LogP contribution < -0.4 is 15.5 Å². The molecule has 2 heterocycles. The predicted octanol–water partition coefficient (Wildman–Crippen LogP) is 9.73. The molecule has 0 atom stereocenters. The average Bonchev–Trinajstić information content (AvgIpc) is 3.55. The first-order valence-electron chi connectivity index (χ1n) is 14.8. The van der Waals surface area contributed by atoms with Gasteiger partial charge in [-0.25, -0.2) is 19.5 Å². The van der Waals surface area contributed by atoms with Gasteiger partial charge in [0, 0.05) is 23.5 Å². The van der Waals surface area contributed by atoms with Gasteiger partial charge in [0.25, 0.3) is 5.91 Å². The first-order chi connectivity index (χ1) is 20.9. The molecule has 3 amide bonds. The Morgan fingerprint density at radius 1 is 0.933 bits per heavy atom. The van der Waals surface area contributed by atoms with E-state index in [2.05, 4.69) is 24.5 Å². The number of benzene rings is 1. The fraction of sp³-hybridized carbons (Fsp3) is 0.500. The lowest BCUT2D eigenvalue weighted by Crippen LogP contribution is -2.38. The summed E-state index contributed by atoms with van der Waals surface area (Å²) in [5, 5.41) is 8.31. The van der Waals surface area contributed by atoms with Crippen LogP contribution in [-0.2, 0) is 15.9 Å². The maximum atomic E-state index is 13.7. The van der Waals surface area contributed by atoms with Crippen molar-refractivity contribution in [2.45, 2.75) is 86.9 Å². The summed E-state index contributed by atoms with van der Waals surface area (Å²) in [5.41, 5.74) is 0.343. The Labute approximate surface area is 284 Å². The molecule has 0 bridgehead atoms. The van der Waals surface area contributed by atoms with E-state index in [0.29, 0.717) is 43.8 Å². The highest BCUT2D eigenvalue weighted by Crippen LogP contribution is 2.41. The van der Waals surface area contributed by atoms with E-state index < -0.39 is 29.3 Å². The third kappa shape index (κ3) is 11.8. The Morgan fingerprint density at radius 2 is 1.56 bits per heavy atom. The lowest BCUT2D eigenvalue weighted by Gasteiger charge is -2.26. The molecule has 0 aliphatic heterocycles. The quantitative estimate of drug-likeness (QED) is 0.215. The van der Waals surface area contributed by atoms with Gasteiger partial charge in [-0.1, -0.05) is 57.0 Å². The molecular formula is C32H44Cl2N4O5S2. The van der Waals surface area contributed by atoms with Crippen molar-refractivity contribution in [3.63, 3.8) is 0 Å². The van der Waals surface area contributed by atoms with Crippen LogP contribution in [0.25, 0.3) is 11.3 Å². The van der Waals surface area contributed by atoms with E-state index >= 15 is 0 Å². The second-order valence-corrected chi connectivity index (χ2v) is 14.9. The van der Waals surface area contributed by atoms with Crippen molar-refractivity contribution in [1.29, 1.82) is 0 Å². The van der Waals surface area contributed by atoms with Crippen LogP contribution in [0.1, 0.15) is 83.8 Å². The first kappa shape index (κ1) is 38.3. The first-order valence-corrected chi connectivity index (χ1v) is 17.2. The van der Waals surface area contributed by atoms with Gasteiger partial charge in [-0.15, -0.1) is 22.7 Å². The molecule has 0 saturated carbocycles. The molecule has 0 fully saturated rings. The summed E-state index contributed by atoms with van der Waals surface area (Å²) in [6.07, 6.45) is -0.540. The number of alkyl carbamates (subject to hydrolysis) is 1. The van der Waals surface area contributed by atoms with Gasteiger partial charge in [0.05, 0.1) is 21.4 Å². The Bertz CT molecular complexity index is 1460. The minimum atomic E-state index is -0.800. The van der Waals surface area contributed by atoms with Crippen molar-refractivity contribution in [2.75, 3.05) is 18.0 Å². The SMILES string of the molecule is CC.CC(C)Cc1sc(N(C(=O)OC(C)(C)C)c2ccsc2C(=O)NCCNC(=O)OC(C)(C)C)nc1-c1ccc(Cl)c(Cl)c1. The second kappa shape index (κ2) is 16.6. The minimum absolute atomic E-state index is 0.152. The van der Waals surface area contributed by atoms with Crippen LogP contribution in [0.15, 0.2) is 29.6 Å². The van der Waals surface area contributed by atoms with Crippen molar-refractivity contribution in [3.05, 3.63) is 49.4 Å². The lowest BCUT2D eigenvalue weighted by molar-refractivity contribution is 0.0525. The number of rotatable bonds is 9. The van der Waals surface area contributed by atoms with Gasteiger partial charge in [-0.3, -0.25) is 4.79 Å². The summed E-state index contributed by atoms with van der Waals surface area (Å²) in [6.45, 7) is 19.1. The van der Waals surface area contributed by atoms with Gasteiger partial charge < -0.3 is 20.1 Å². The molecule has 9 nitrogen and oxygen atoms in total. The maximum Gasteiger partial charge on any atom is 0.421 e. The maximum absolute atomic E-state index is 13.7. The number of carbonyl (C=O) groups excluding carboxylic acids is 3. The Hall–Kier alpha value is -2.86. The summed E-state index contributed by atoms with van der Waals surface area (Å²) < 4.78 is 11.0. The zero-order valence-electron chi connectivity index (χ0n) is 27.6. The Morgan fingerprint density at radius 3 is 2.13 bits per heavy atom. The second-order valence-electron chi connectivity index (χ2n) is 12.1. The van der Waals surface area contributed by atoms with Crippen LogP contribution in [0.4, 0.5) is 20.4 Å². The minimum Gasteiger partial charge on any atom is -0.444 e. The summed E-state index contributed by atoms with van der Waals surface area (Å²) in [6, 6.07) is 6.98. The number of amides is 3. The van der Waals surface area contributed by atoms with Gasteiger partial charge >= 0.3 is 12.2 Å². The molecule has 2 aromatic heterocycles. The molecule has 248 valence electrons. The molecule has 1 aromatic carbocycles. The van der Waals surface area contributed by atoms with Gasteiger partial charge in [0.2, 0.25) is 0 Å². The van der Waals surface area contributed by atoms with E-state index in [0.717, 1.165) is 10.4 Å². The van der Waals surface area contributed by atoms with Crippen LogP contribution in [-0.4, -0.2) is 47.4 Å². The van der Waals surface area contributed by atoms with E-state index in [1.165, 1.54) is 27.6 Å². The molecule has 0 aliphatic carbocycles. The smallest absolute Gasteiger partial charge is 0.421 e. The highest BCUT2D eigenvalue weighted by Gasteiger charge is 2.32. The number of aromatic nitrogens is 1. The molecule has 0 aliphatic rings. The zero-order valence-corrected chi connectivity index (χ0v) is 30.7. The molecule has 13 heteroatoms.